The third kappa shape index (κ3) is 3.58. The van der Waals surface area contributed by atoms with E-state index in [0.29, 0.717) is 13.0 Å². The predicted molar refractivity (Wildman–Crippen MR) is 79.4 cm³/mol. The van der Waals surface area contributed by atoms with E-state index in [9.17, 15) is 8.42 Å². The molecule has 0 aliphatic rings. The zero-order chi connectivity index (χ0) is 14.6. The molecule has 0 bridgehead atoms. The second-order valence-corrected chi connectivity index (χ2v) is 7.19. The van der Waals surface area contributed by atoms with Gasteiger partial charge >= 0.3 is 0 Å². The van der Waals surface area contributed by atoms with Crippen molar-refractivity contribution < 1.29 is 8.42 Å². The lowest BCUT2D eigenvalue weighted by atomic mass is 10.2. The van der Waals surface area contributed by atoms with Gasteiger partial charge in [0.05, 0.1) is 15.5 Å². The van der Waals surface area contributed by atoms with E-state index in [1.807, 2.05) is 23.6 Å². The minimum absolute atomic E-state index is 0.0627. The molecule has 0 saturated heterocycles. The molecule has 0 atom stereocenters. The largest absolute Gasteiger partial charge is 0.240 e. The number of halogens is 1. The van der Waals surface area contributed by atoms with Crippen LogP contribution in [-0.2, 0) is 16.4 Å². The van der Waals surface area contributed by atoms with E-state index in [0.717, 1.165) is 4.88 Å². The van der Waals surface area contributed by atoms with Crippen LogP contribution >= 0.6 is 22.9 Å². The summed E-state index contributed by atoms with van der Waals surface area (Å²) in [6, 6.07) is 9.83. The normalized spacial score (nSPS) is 11.2. The molecule has 0 unspecified atom stereocenters. The molecule has 20 heavy (non-hydrogen) atoms. The number of hydrogen-bond donors (Lipinski definition) is 1. The van der Waals surface area contributed by atoms with Crippen LogP contribution in [0, 0.1) is 11.3 Å². The first-order chi connectivity index (χ1) is 9.53. The fraction of sp³-hybridized carbons (Fsp3) is 0.154. The molecule has 1 aromatic carbocycles. The highest BCUT2D eigenvalue weighted by Crippen LogP contribution is 2.20. The fourth-order valence-corrected chi connectivity index (χ4v) is 3.65. The SMILES string of the molecule is N#Cc1ccc(S(=O)(=O)NCCc2cccs2)cc1Cl. The van der Waals surface area contributed by atoms with Gasteiger partial charge in [0.1, 0.15) is 6.07 Å². The molecule has 0 aliphatic carbocycles. The summed E-state index contributed by atoms with van der Waals surface area (Å²) in [5.74, 6) is 0. The first-order valence-electron chi connectivity index (χ1n) is 5.74. The number of nitrogens with zero attached hydrogens (tertiary/aromatic N) is 1. The van der Waals surface area contributed by atoms with Gasteiger partial charge in [0.2, 0.25) is 10.0 Å². The summed E-state index contributed by atoms with van der Waals surface area (Å²) < 4.78 is 26.6. The van der Waals surface area contributed by atoms with Crippen LogP contribution in [0.1, 0.15) is 10.4 Å². The Morgan fingerprint density at radius 3 is 2.75 bits per heavy atom. The summed E-state index contributed by atoms with van der Waals surface area (Å²) in [7, 11) is -3.60. The molecule has 1 heterocycles. The molecule has 2 rings (SSSR count). The Hall–Kier alpha value is -1.39. The molecular formula is C13H11ClN2O2S2. The standard InChI is InChI=1S/C13H11ClN2O2S2/c14-13-8-12(4-3-10(13)9-15)20(17,18)16-6-5-11-2-1-7-19-11/h1-4,7-8,16H,5-6H2. The number of hydrogen-bond acceptors (Lipinski definition) is 4. The van der Waals surface area contributed by atoms with Crippen molar-refractivity contribution in [2.45, 2.75) is 11.3 Å². The molecule has 104 valence electrons. The van der Waals surface area contributed by atoms with Crippen molar-refractivity contribution in [2.75, 3.05) is 6.54 Å². The Balaban J connectivity index is 2.06. The molecule has 1 N–H and O–H groups in total. The third-order valence-corrected chi connectivity index (χ3v) is 5.32. The summed E-state index contributed by atoms with van der Waals surface area (Å²) in [4.78, 5) is 1.18. The van der Waals surface area contributed by atoms with E-state index < -0.39 is 10.0 Å². The highest BCUT2D eigenvalue weighted by molar-refractivity contribution is 7.89. The maximum atomic E-state index is 12.1. The number of thiophene rings is 1. The number of sulfonamides is 1. The lowest BCUT2D eigenvalue weighted by Gasteiger charge is -2.07. The maximum Gasteiger partial charge on any atom is 0.240 e. The first-order valence-corrected chi connectivity index (χ1v) is 8.49. The summed E-state index contributed by atoms with van der Waals surface area (Å²) in [5.41, 5.74) is 0.254. The van der Waals surface area contributed by atoms with Gasteiger partial charge in [-0.1, -0.05) is 17.7 Å². The average Bonchev–Trinajstić information content (AvgIpc) is 2.91. The highest BCUT2D eigenvalue weighted by Gasteiger charge is 2.15. The van der Waals surface area contributed by atoms with E-state index in [1.54, 1.807) is 11.3 Å². The van der Waals surface area contributed by atoms with Crippen molar-refractivity contribution in [3.05, 3.63) is 51.2 Å². The van der Waals surface area contributed by atoms with Crippen molar-refractivity contribution in [1.29, 1.82) is 5.26 Å². The molecule has 2 aromatic rings. The van der Waals surface area contributed by atoms with Crippen molar-refractivity contribution >= 4 is 33.0 Å². The van der Waals surface area contributed by atoms with Gasteiger partial charge in [-0.25, -0.2) is 13.1 Å². The van der Waals surface area contributed by atoms with Gasteiger partial charge in [0, 0.05) is 11.4 Å². The molecule has 1 aromatic heterocycles. The summed E-state index contributed by atoms with van der Waals surface area (Å²) in [6.45, 7) is 0.320. The van der Waals surface area contributed by atoms with Crippen LogP contribution in [-0.4, -0.2) is 15.0 Å². The van der Waals surface area contributed by atoms with Crippen LogP contribution in [0.2, 0.25) is 5.02 Å². The van der Waals surface area contributed by atoms with Crippen molar-refractivity contribution in [3.8, 4) is 6.07 Å². The predicted octanol–water partition coefficient (Wildman–Crippen LogP) is 2.79. The van der Waals surface area contributed by atoms with E-state index in [1.165, 1.54) is 18.2 Å². The van der Waals surface area contributed by atoms with E-state index in [4.69, 9.17) is 16.9 Å². The smallest absolute Gasteiger partial charge is 0.211 e. The Morgan fingerprint density at radius 2 is 2.15 bits per heavy atom. The molecule has 0 spiro atoms. The van der Waals surface area contributed by atoms with Gasteiger partial charge in [-0.3, -0.25) is 0 Å². The van der Waals surface area contributed by atoms with Crippen LogP contribution in [0.25, 0.3) is 0 Å². The van der Waals surface area contributed by atoms with Gasteiger partial charge in [-0.15, -0.1) is 11.3 Å². The Labute approximate surface area is 126 Å². The fourth-order valence-electron chi connectivity index (χ4n) is 1.60. The number of rotatable bonds is 5. The minimum Gasteiger partial charge on any atom is -0.211 e. The zero-order valence-corrected chi connectivity index (χ0v) is 12.7. The number of benzene rings is 1. The van der Waals surface area contributed by atoms with Gasteiger partial charge in [0.15, 0.2) is 0 Å². The van der Waals surface area contributed by atoms with Gasteiger partial charge in [-0.05, 0) is 36.1 Å². The molecule has 0 fully saturated rings. The van der Waals surface area contributed by atoms with Crippen LogP contribution in [0.15, 0.2) is 40.6 Å². The van der Waals surface area contributed by atoms with E-state index in [2.05, 4.69) is 4.72 Å². The summed E-state index contributed by atoms with van der Waals surface area (Å²) >= 11 is 7.42. The molecule has 0 amide bonds. The number of nitrogens with one attached hydrogen (secondary N) is 1. The first kappa shape index (κ1) is 15.0. The van der Waals surface area contributed by atoms with Crippen molar-refractivity contribution in [3.63, 3.8) is 0 Å². The van der Waals surface area contributed by atoms with Crippen LogP contribution in [0.3, 0.4) is 0 Å². The van der Waals surface area contributed by atoms with Gasteiger partial charge < -0.3 is 0 Å². The third-order valence-electron chi connectivity index (χ3n) is 2.61. The van der Waals surface area contributed by atoms with E-state index in [-0.39, 0.29) is 15.5 Å². The maximum absolute atomic E-state index is 12.1. The minimum atomic E-state index is -3.60. The highest BCUT2D eigenvalue weighted by atomic mass is 35.5. The molecule has 0 aliphatic heterocycles. The van der Waals surface area contributed by atoms with Gasteiger partial charge in [-0.2, -0.15) is 5.26 Å². The average molecular weight is 327 g/mol. The van der Waals surface area contributed by atoms with Crippen LogP contribution < -0.4 is 4.72 Å². The molecular weight excluding hydrogens is 316 g/mol. The monoisotopic (exact) mass is 326 g/mol. The summed E-state index contributed by atoms with van der Waals surface area (Å²) in [6.07, 6.45) is 0.640. The summed E-state index contributed by atoms with van der Waals surface area (Å²) in [5, 5.41) is 10.8. The lowest BCUT2D eigenvalue weighted by Crippen LogP contribution is -2.25. The molecule has 0 radical (unpaired) electrons. The quantitative estimate of drug-likeness (QED) is 0.918. The van der Waals surface area contributed by atoms with Crippen LogP contribution in [0.5, 0.6) is 0 Å². The molecule has 4 nitrogen and oxygen atoms in total. The second-order valence-electron chi connectivity index (χ2n) is 3.98. The van der Waals surface area contributed by atoms with Crippen molar-refractivity contribution in [2.24, 2.45) is 0 Å². The van der Waals surface area contributed by atoms with Crippen LogP contribution in [0.4, 0.5) is 0 Å². The zero-order valence-electron chi connectivity index (χ0n) is 10.3. The Morgan fingerprint density at radius 1 is 1.35 bits per heavy atom. The Bertz CT molecular complexity index is 734. The molecule has 0 saturated carbocycles. The van der Waals surface area contributed by atoms with Crippen molar-refractivity contribution in [1.82, 2.24) is 4.72 Å². The topological polar surface area (TPSA) is 70.0 Å². The molecule has 7 heteroatoms. The lowest BCUT2D eigenvalue weighted by molar-refractivity contribution is 0.582. The van der Waals surface area contributed by atoms with E-state index >= 15 is 0 Å². The Kier molecular flexibility index (Phi) is 4.78. The second kappa shape index (κ2) is 6.37. The van der Waals surface area contributed by atoms with Gasteiger partial charge in [0.25, 0.3) is 0 Å². The number of nitriles is 1.